The summed E-state index contributed by atoms with van der Waals surface area (Å²) in [6, 6.07) is 5.02. The zero-order chi connectivity index (χ0) is 16.5. The van der Waals surface area contributed by atoms with E-state index in [1.165, 1.54) is 25.3 Å². The van der Waals surface area contributed by atoms with Crippen LogP contribution in [0.3, 0.4) is 0 Å². The number of carboxylic acid groups (broad SMARTS) is 1. The van der Waals surface area contributed by atoms with E-state index in [-0.39, 0.29) is 25.3 Å². The highest BCUT2D eigenvalue weighted by molar-refractivity contribution is 5.96. The molecule has 1 aromatic rings. The minimum absolute atomic E-state index is 0.0782. The van der Waals surface area contributed by atoms with Gasteiger partial charge in [-0.25, -0.2) is 4.39 Å². The molecule has 0 radical (unpaired) electrons. The van der Waals surface area contributed by atoms with Gasteiger partial charge in [-0.05, 0) is 18.2 Å². The predicted octanol–water partition coefficient (Wildman–Crippen LogP) is 0.115. The molecule has 0 fully saturated rings. The van der Waals surface area contributed by atoms with Gasteiger partial charge >= 0.3 is 5.97 Å². The Morgan fingerprint density at radius 1 is 1.36 bits per heavy atom. The van der Waals surface area contributed by atoms with Gasteiger partial charge in [-0.2, -0.15) is 0 Å². The standard InChI is InChI=1S/C14H17FN2O5/c1-22-6-5-17(9-13(19)20)12(18)8-16-14(21)10-3-2-4-11(15)7-10/h2-4,7H,5-6,8-9H2,1H3,(H,16,21)(H,19,20). The van der Waals surface area contributed by atoms with Crippen LogP contribution in [0.5, 0.6) is 0 Å². The fraction of sp³-hybridized carbons (Fsp3) is 0.357. The van der Waals surface area contributed by atoms with Crippen molar-refractivity contribution in [1.29, 1.82) is 0 Å². The molecule has 22 heavy (non-hydrogen) atoms. The molecule has 0 saturated heterocycles. The maximum Gasteiger partial charge on any atom is 0.323 e. The smallest absolute Gasteiger partial charge is 0.323 e. The van der Waals surface area contributed by atoms with Gasteiger partial charge in [0.05, 0.1) is 13.2 Å². The van der Waals surface area contributed by atoms with E-state index in [0.29, 0.717) is 0 Å². The summed E-state index contributed by atoms with van der Waals surface area (Å²) in [4.78, 5) is 35.4. The Morgan fingerprint density at radius 3 is 2.68 bits per heavy atom. The summed E-state index contributed by atoms with van der Waals surface area (Å²) in [7, 11) is 1.43. The lowest BCUT2D eigenvalue weighted by Crippen LogP contribution is -2.44. The quantitative estimate of drug-likeness (QED) is 0.710. The third kappa shape index (κ3) is 5.88. The average molecular weight is 312 g/mol. The van der Waals surface area contributed by atoms with Crippen molar-refractivity contribution in [2.45, 2.75) is 0 Å². The van der Waals surface area contributed by atoms with E-state index in [9.17, 15) is 18.8 Å². The summed E-state index contributed by atoms with van der Waals surface area (Å²) in [5.41, 5.74) is 0.0782. The van der Waals surface area contributed by atoms with Crippen molar-refractivity contribution in [2.75, 3.05) is 33.4 Å². The summed E-state index contributed by atoms with van der Waals surface area (Å²) in [5.74, 6) is -2.91. The fourth-order valence-electron chi connectivity index (χ4n) is 1.66. The molecule has 2 amide bonds. The first-order chi connectivity index (χ1) is 10.4. The van der Waals surface area contributed by atoms with Gasteiger partial charge in [0, 0.05) is 19.2 Å². The van der Waals surface area contributed by atoms with E-state index in [2.05, 4.69) is 5.32 Å². The van der Waals surface area contributed by atoms with Crippen molar-refractivity contribution in [3.05, 3.63) is 35.6 Å². The maximum absolute atomic E-state index is 13.0. The number of benzene rings is 1. The van der Waals surface area contributed by atoms with Gasteiger partial charge in [-0.3, -0.25) is 14.4 Å². The van der Waals surface area contributed by atoms with Crippen molar-refractivity contribution in [3.8, 4) is 0 Å². The van der Waals surface area contributed by atoms with E-state index >= 15 is 0 Å². The van der Waals surface area contributed by atoms with Crippen LogP contribution in [0.2, 0.25) is 0 Å². The van der Waals surface area contributed by atoms with Crippen LogP contribution in [0.25, 0.3) is 0 Å². The van der Waals surface area contributed by atoms with Crippen LogP contribution in [0, 0.1) is 5.82 Å². The van der Waals surface area contributed by atoms with E-state index in [1.54, 1.807) is 0 Å². The molecular weight excluding hydrogens is 295 g/mol. The van der Waals surface area contributed by atoms with Crippen molar-refractivity contribution in [3.63, 3.8) is 0 Å². The number of aliphatic carboxylic acids is 1. The molecular formula is C14H17FN2O5. The second kappa shape index (κ2) is 8.73. The predicted molar refractivity (Wildman–Crippen MR) is 74.8 cm³/mol. The lowest BCUT2D eigenvalue weighted by molar-refractivity contribution is -0.144. The van der Waals surface area contributed by atoms with Gasteiger partial charge in [0.1, 0.15) is 12.4 Å². The van der Waals surface area contributed by atoms with E-state index in [4.69, 9.17) is 9.84 Å². The second-order valence-electron chi connectivity index (χ2n) is 4.39. The zero-order valence-corrected chi connectivity index (χ0v) is 12.0. The van der Waals surface area contributed by atoms with Gasteiger partial charge < -0.3 is 20.1 Å². The van der Waals surface area contributed by atoms with Gasteiger partial charge in [-0.1, -0.05) is 6.07 Å². The molecule has 120 valence electrons. The summed E-state index contributed by atoms with van der Waals surface area (Å²) in [5, 5.41) is 11.1. The Morgan fingerprint density at radius 2 is 2.09 bits per heavy atom. The number of hydrogen-bond acceptors (Lipinski definition) is 4. The Hall–Kier alpha value is -2.48. The van der Waals surface area contributed by atoms with Crippen molar-refractivity contribution in [1.82, 2.24) is 10.2 Å². The molecule has 0 aliphatic rings. The normalized spacial score (nSPS) is 10.1. The number of nitrogens with one attached hydrogen (secondary N) is 1. The zero-order valence-electron chi connectivity index (χ0n) is 12.0. The molecule has 1 aromatic carbocycles. The highest BCUT2D eigenvalue weighted by atomic mass is 19.1. The van der Waals surface area contributed by atoms with Crippen LogP contribution >= 0.6 is 0 Å². The molecule has 8 heteroatoms. The minimum atomic E-state index is -1.17. The van der Waals surface area contributed by atoms with Crippen molar-refractivity contribution < 1.29 is 28.6 Å². The minimum Gasteiger partial charge on any atom is -0.480 e. The third-order valence-corrected chi connectivity index (χ3v) is 2.73. The average Bonchev–Trinajstić information content (AvgIpc) is 2.48. The van der Waals surface area contributed by atoms with Gasteiger partial charge in [0.15, 0.2) is 0 Å². The fourth-order valence-corrected chi connectivity index (χ4v) is 1.66. The molecule has 0 aliphatic carbocycles. The topological polar surface area (TPSA) is 95.9 Å². The lowest BCUT2D eigenvalue weighted by Gasteiger charge is -2.20. The van der Waals surface area contributed by atoms with Gasteiger partial charge in [-0.15, -0.1) is 0 Å². The largest absolute Gasteiger partial charge is 0.480 e. The Balaban J connectivity index is 2.58. The number of hydrogen-bond donors (Lipinski definition) is 2. The lowest BCUT2D eigenvalue weighted by atomic mass is 10.2. The molecule has 0 unspecified atom stereocenters. The first-order valence-corrected chi connectivity index (χ1v) is 6.46. The molecule has 0 bridgehead atoms. The second-order valence-corrected chi connectivity index (χ2v) is 4.39. The van der Waals surface area contributed by atoms with E-state index < -0.39 is 30.1 Å². The number of rotatable bonds is 8. The maximum atomic E-state index is 13.0. The van der Waals surface area contributed by atoms with Gasteiger partial charge in [0.25, 0.3) is 5.91 Å². The molecule has 0 aliphatic heterocycles. The highest BCUT2D eigenvalue weighted by Gasteiger charge is 2.17. The van der Waals surface area contributed by atoms with Crippen LogP contribution in [0.4, 0.5) is 4.39 Å². The number of nitrogens with zero attached hydrogens (tertiary/aromatic N) is 1. The summed E-state index contributed by atoms with van der Waals surface area (Å²) in [6.07, 6.45) is 0. The van der Waals surface area contributed by atoms with E-state index in [0.717, 1.165) is 11.0 Å². The third-order valence-electron chi connectivity index (χ3n) is 2.73. The first-order valence-electron chi connectivity index (χ1n) is 6.46. The van der Waals surface area contributed by atoms with Crippen molar-refractivity contribution in [2.24, 2.45) is 0 Å². The van der Waals surface area contributed by atoms with Crippen LogP contribution in [-0.4, -0.2) is 61.1 Å². The molecule has 0 heterocycles. The molecule has 7 nitrogen and oxygen atoms in total. The monoisotopic (exact) mass is 312 g/mol. The summed E-state index contributed by atoms with van der Waals surface area (Å²) >= 11 is 0. The SMILES string of the molecule is COCCN(CC(=O)O)C(=O)CNC(=O)c1cccc(F)c1. The first kappa shape index (κ1) is 17.6. The summed E-state index contributed by atoms with van der Waals surface area (Å²) in [6.45, 7) is -0.599. The van der Waals surface area contributed by atoms with Crippen molar-refractivity contribution >= 4 is 17.8 Å². The number of carbonyl (C=O) groups excluding carboxylic acids is 2. The Bertz CT molecular complexity index is 550. The number of carboxylic acids is 1. The van der Waals surface area contributed by atoms with Gasteiger partial charge in [0.2, 0.25) is 5.91 Å². The number of halogens is 1. The molecule has 1 rings (SSSR count). The Kier molecular flexibility index (Phi) is 6.97. The van der Waals surface area contributed by atoms with Crippen LogP contribution in [0.15, 0.2) is 24.3 Å². The molecule has 2 N–H and O–H groups in total. The molecule has 0 spiro atoms. The van der Waals surface area contributed by atoms with E-state index in [1.807, 2.05) is 0 Å². The molecule has 0 atom stereocenters. The number of amides is 2. The number of carbonyl (C=O) groups is 3. The molecule has 0 saturated carbocycles. The summed E-state index contributed by atoms with van der Waals surface area (Å²) < 4.78 is 17.8. The number of ether oxygens (including phenoxy) is 1. The molecule has 0 aromatic heterocycles. The highest BCUT2D eigenvalue weighted by Crippen LogP contribution is 2.03. The Labute approximate surface area is 126 Å². The number of methoxy groups -OCH3 is 1. The van der Waals surface area contributed by atoms with Crippen LogP contribution < -0.4 is 5.32 Å². The van der Waals surface area contributed by atoms with Crippen LogP contribution in [-0.2, 0) is 14.3 Å². The van der Waals surface area contributed by atoms with Crippen LogP contribution in [0.1, 0.15) is 10.4 Å².